The molecule has 7 nitrogen and oxygen atoms in total. The van der Waals surface area contributed by atoms with Crippen LogP contribution in [-0.2, 0) is 15.0 Å². The molecule has 0 aliphatic carbocycles. The van der Waals surface area contributed by atoms with Crippen LogP contribution in [0.5, 0.6) is 0 Å². The van der Waals surface area contributed by atoms with E-state index in [4.69, 9.17) is 10.2 Å². The molecule has 0 unspecified atom stereocenters. The lowest BCUT2D eigenvalue weighted by Gasteiger charge is -2.31. The lowest BCUT2D eigenvalue weighted by Crippen LogP contribution is -2.48. The molecular weight excluding hydrogens is 284 g/mol. The standard InChI is InChI=1S/C12H24N2O5S/c1-12(2,5-8-15)9-13-20(18,19)14-6-3-10(4-7-14)11(16)17/h10,13,15H,3-9H2,1-2H3,(H,16,17). The van der Waals surface area contributed by atoms with Gasteiger partial charge in [0.2, 0.25) is 0 Å². The van der Waals surface area contributed by atoms with E-state index in [9.17, 15) is 13.2 Å². The average molecular weight is 308 g/mol. The Morgan fingerprint density at radius 2 is 1.90 bits per heavy atom. The van der Waals surface area contributed by atoms with Crippen molar-refractivity contribution in [3.63, 3.8) is 0 Å². The maximum absolute atomic E-state index is 12.1. The molecule has 20 heavy (non-hydrogen) atoms. The molecule has 1 heterocycles. The van der Waals surface area contributed by atoms with Crippen LogP contribution in [0.25, 0.3) is 0 Å². The maximum atomic E-state index is 12.1. The Morgan fingerprint density at radius 1 is 1.35 bits per heavy atom. The summed E-state index contributed by atoms with van der Waals surface area (Å²) in [6.45, 7) is 4.47. The second kappa shape index (κ2) is 6.84. The Labute approximate surface area is 120 Å². The van der Waals surface area contributed by atoms with Crippen molar-refractivity contribution in [2.45, 2.75) is 33.1 Å². The number of carbonyl (C=O) groups is 1. The van der Waals surface area contributed by atoms with Crippen LogP contribution < -0.4 is 4.72 Å². The molecule has 0 aromatic heterocycles. The highest BCUT2D eigenvalue weighted by Crippen LogP contribution is 2.21. The molecule has 0 saturated carbocycles. The summed E-state index contributed by atoms with van der Waals surface area (Å²) < 4.78 is 28.1. The first kappa shape index (κ1) is 17.4. The number of carboxylic acids is 1. The largest absolute Gasteiger partial charge is 0.481 e. The number of rotatable bonds is 7. The van der Waals surface area contributed by atoms with E-state index in [1.807, 2.05) is 13.8 Å². The topological polar surface area (TPSA) is 107 Å². The molecule has 118 valence electrons. The second-order valence-electron chi connectivity index (χ2n) is 5.98. The summed E-state index contributed by atoms with van der Waals surface area (Å²) in [6.07, 6.45) is 1.20. The molecule has 0 bridgehead atoms. The SMILES string of the molecule is CC(C)(CCO)CNS(=O)(=O)N1CCC(C(=O)O)CC1. The van der Waals surface area contributed by atoms with Crippen LogP contribution in [0.4, 0.5) is 0 Å². The molecule has 0 spiro atoms. The summed E-state index contributed by atoms with van der Waals surface area (Å²) in [5, 5.41) is 17.8. The van der Waals surface area contributed by atoms with Crippen LogP contribution in [-0.4, -0.2) is 55.1 Å². The number of hydrogen-bond acceptors (Lipinski definition) is 4. The first-order valence-electron chi connectivity index (χ1n) is 6.76. The first-order chi connectivity index (χ1) is 9.18. The van der Waals surface area contributed by atoms with Crippen molar-refractivity contribution >= 4 is 16.2 Å². The van der Waals surface area contributed by atoms with Gasteiger partial charge in [-0.15, -0.1) is 0 Å². The lowest BCUT2D eigenvalue weighted by atomic mass is 9.90. The quantitative estimate of drug-likeness (QED) is 0.615. The molecule has 0 radical (unpaired) electrons. The van der Waals surface area contributed by atoms with Gasteiger partial charge in [0.1, 0.15) is 0 Å². The zero-order chi connectivity index (χ0) is 15.4. The Balaban J connectivity index is 2.52. The number of aliphatic carboxylic acids is 1. The molecule has 1 aliphatic heterocycles. The molecule has 0 aromatic carbocycles. The van der Waals surface area contributed by atoms with Crippen molar-refractivity contribution in [2.75, 3.05) is 26.2 Å². The second-order valence-corrected chi connectivity index (χ2v) is 7.73. The maximum Gasteiger partial charge on any atom is 0.306 e. The summed E-state index contributed by atoms with van der Waals surface area (Å²) in [5.74, 6) is -1.31. The van der Waals surface area contributed by atoms with Crippen molar-refractivity contribution in [3.8, 4) is 0 Å². The monoisotopic (exact) mass is 308 g/mol. The highest BCUT2D eigenvalue weighted by atomic mass is 32.2. The van der Waals surface area contributed by atoms with Gasteiger partial charge < -0.3 is 10.2 Å². The van der Waals surface area contributed by atoms with Crippen molar-refractivity contribution in [1.82, 2.24) is 9.03 Å². The minimum absolute atomic E-state index is 0.0126. The molecule has 1 fully saturated rings. The molecule has 8 heteroatoms. The van der Waals surface area contributed by atoms with Gasteiger partial charge in [0.15, 0.2) is 0 Å². The van der Waals surface area contributed by atoms with Crippen LogP contribution in [0.15, 0.2) is 0 Å². The van der Waals surface area contributed by atoms with Crippen molar-refractivity contribution in [1.29, 1.82) is 0 Å². The number of nitrogens with zero attached hydrogens (tertiary/aromatic N) is 1. The normalized spacial score (nSPS) is 19.1. The van der Waals surface area contributed by atoms with E-state index in [1.54, 1.807) is 0 Å². The molecule has 0 amide bonds. The average Bonchev–Trinajstić information content (AvgIpc) is 2.37. The van der Waals surface area contributed by atoms with Gasteiger partial charge in [0.25, 0.3) is 10.2 Å². The highest BCUT2D eigenvalue weighted by molar-refractivity contribution is 7.87. The van der Waals surface area contributed by atoms with Crippen molar-refractivity contribution in [3.05, 3.63) is 0 Å². The minimum atomic E-state index is -3.58. The Hall–Kier alpha value is -0.700. The fraction of sp³-hybridized carbons (Fsp3) is 0.917. The van der Waals surface area contributed by atoms with Crippen LogP contribution in [0.3, 0.4) is 0 Å². The Bertz CT molecular complexity index is 427. The van der Waals surface area contributed by atoms with Gasteiger partial charge in [0.05, 0.1) is 5.92 Å². The predicted molar refractivity (Wildman–Crippen MR) is 74.3 cm³/mol. The van der Waals surface area contributed by atoms with E-state index in [-0.39, 0.29) is 31.7 Å². The zero-order valence-corrected chi connectivity index (χ0v) is 12.8. The van der Waals surface area contributed by atoms with Crippen LogP contribution >= 0.6 is 0 Å². The molecule has 3 N–H and O–H groups in total. The van der Waals surface area contributed by atoms with Gasteiger partial charge in [-0.1, -0.05) is 13.8 Å². The zero-order valence-electron chi connectivity index (χ0n) is 12.0. The Morgan fingerprint density at radius 3 is 2.35 bits per heavy atom. The van der Waals surface area contributed by atoms with E-state index < -0.39 is 22.1 Å². The van der Waals surface area contributed by atoms with E-state index in [1.165, 1.54) is 4.31 Å². The van der Waals surface area contributed by atoms with Crippen LogP contribution in [0.1, 0.15) is 33.1 Å². The van der Waals surface area contributed by atoms with Gasteiger partial charge >= 0.3 is 5.97 Å². The van der Waals surface area contributed by atoms with E-state index in [0.29, 0.717) is 19.3 Å². The molecule has 0 aromatic rings. The summed E-state index contributed by atoms with van der Waals surface area (Å²) in [6, 6.07) is 0. The van der Waals surface area contributed by atoms with E-state index in [0.717, 1.165) is 0 Å². The lowest BCUT2D eigenvalue weighted by molar-refractivity contribution is -0.142. The van der Waals surface area contributed by atoms with Crippen molar-refractivity contribution in [2.24, 2.45) is 11.3 Å². The number of carboxylic acid groups (broad SMARTS) is 1. The van der Waals surface area contributed by atoms with E-state index in [2.05, 4.69) is 4.72 Å². The van der Waals surface area contributed by atoms with Gasteiger partial charge in [-0.05, 0) is 24.7 Å². The fourth-order valence-electron chi connectivity index (χ4n) is 2.11. The third kappa shape index (κ3) is 5.01. The summed E-state index contributed by atoms with van der Waals surface area (Å²) in [4.78, 5) is 10.8. The summed E-state index contributed by atoms with van der Waals surface area (Å²) in [5.41, 5.74) is -0.318. The third-order valence-electron chi connectivity index (χ3n) is 3.66. The third-order valence-corrected chi connectivity index (χ3v) is 5.22. The first-order valence-corrected chi connectivity index (χ1v) is 8.20. The molecular formula is C12H24N2O5S. The Kier molecular flexibility index (Phi) is 5.93. The molecule has 1 aliphatic rings. The number of nitrogens with one attached hydrogen (secondary N) is 1. The highest BCUT2D eigenvalue weighted by Gasteiger charge is 2.31. The number of hydrogen-bond donors (Lipinski definition) is 3. The fourth-order valence-corrected chi connectivity index (χ4v) is 3.56. The van der Waals surface area contributed by atoms with Gasteiger partial charge in [0, 0.05) is 26.2 Å². The molecule has 0 atom stereocenters. The summed E-state index contributed by atoms with van der Waals surface area (Å²) in [7, 11) is -3.58. The van der Waals surface area contributed by atoms with Gasteiger partial charge in [-0.25, -0.2) is 4.72 Å². The van der Waals surface area contributed by atoms with Crippen LogP contribution in [0, 0.1) is 11.3 Å². The van der Waals surface area contributed by atoms with E-state index >= 15 is 0 Å². The number of aliphatic hydroxyl groups excluding tert-OH is 1. The summed E-state index contributed by atoms with van der Waals surface area (Å²) >= 11 is 0. The minimum Gasteiger partial charge on any atom is -0.481 e. The van der Waals surface area contributed by atoms with Gasteiger partial charge in [-0.3, -0.25) is 4.79 Å². The van der Waals surface area contributed by atoms with Gasteiger partial charge in [-0.2, -0.15) is 12.7 Å². The van der Waals surface area contributed by atoms with Crippen molar-refractivity contribution < 1.29 is 23.4 Å². The number of piperidine rings is 1. The smallest absolute Gasteiger partial charge is 0.306 e. The molecule has 1 rings (SSSR count). The number of aliphatic hydroxyl groups is 1. The van der Waals surface area contributed by atoms with Crippen LogP contribution in [0.2, 0.25) is 0 Å². The predicted octanol–water partition coefficient (Wildman–Crippen LogP) is 0.0260. The molecule has 1 saturated heterocycles.